The van der Waals surface area contributed by atoms with E-state index in [1.807, 2.05) is 16.9 Å². The fourth-order valence-electron chi connectivity index (χ4n) is 1.54. The number of aryl methyl sites for hydroxylation is 1. The highest BCUT2D eigenvalue weighted by Gasteiger charge is 2.08. The van der Waals surface area contributed by atoms with Crippen molar-refractivity contribution in [2.24, 2.45) is 5.73 Å². The maximum Gasteiger partial charge on any atom is 0.0522 e. The van der Waals surface area contributed by atoms with Crippen molar-refractivity contribution in [2.75, 3.05) is 0 Å². The number of hydrogen-bond donors (Lipinski definition) is 1. The summed E-state index contributed by atoms with van der Waals surface area (Å²) in [5.74, 6) is 0. The Balaban J connectivity index is 2.02. The van der Waals surface area contributed by atoms with E-state index in [1.165, 1.54) is 10.4 Å². The fraction of sp³-hybridized carbons (Fsp3) is 0.364. The third kappa shape index (κ3) is 2.46. The number of aromatic nitrogens is 2. The SMILES string of the molecule is CCn1cc(CC(N)c2cccs2)cn1. The van der Waals surface area contributed by atoms with Gasteiger partial charge >= 0.3 is 0 Å². The molecule has 3 nitrogen and oxygen atoms in total. The normalized spacial score (nSPS) is 12.9. The Bertz CT molecular complexity index is 405. The standard InChI is InChI=1S/C11H15N3S/c1-2-14-8-9(7-13-14)6-10(12)11-4-3-5-15-11/h3-5,7-8,10H,2,6,12H2,1H3. The molecule has 0 amide bonds. The Hall–Kier alpha value is -1.13. The Morgan fingerprint density at radius 3 is 3.07 bits per heavy atom. The summed E-state index contributed by atoms with van der Waals surface area (Å²) in [5.41, 5.74) is 7.30. The lowest BCUT2D eigenvalue weighted by atomic mass is 10.1. The first-order chi connectivity index (χ1) is 7.29. The highest BCUT2D eigenvalue weighted by atomic mass is 32.1. The summed E-state index contributed by atoms with van der Waals surface area (Å²) >= 11 is 1.71. The van der Waals surface area contributed by atoms with Crippen LogP contribution in [0.15, 0.2) is 29.9 Å². The Morgan fingerprint density at radius 2 is 2.47 bits per heavy atom. The van der Waals surface area contributed by atoms with Crippen molar-refractivity contribution in [3.63, 3.8) is 0 Å². The van der Waals surface area contributed by atoms with E-state index in [2.05, 4.69) is 29.7 Å². The molecular weight excluding hydrogens is 206 g/mol. The summed E-state index contributed by atoms with van der Waals surface area (Å²) in [4.78, 5) is 1.24. The first-order valence-electron chi connectivity index (χ1n) is 5.10. The summed E-state index contributed by atoms with van der Waals surface area (Å²) in [5, 5.41) is 6.29. The Labute approximate surface area is 93.5 Å². The number of nitrogens with zero attached hydrogens (tertiary/aromatic N) is 2. The van der Waals surface area contributed by atoms with Crippen LogP contribution in [0.1, 0.15) is 23.4 Å². The van der Waals surface area contributed by atoms with Gasteiger partial charge in [-0.1, -0.05) is 6.07 Å². The zero-order chi connectivity index (χ0) is 10.7. The second-order valence-electron chi connectivity index (χ2n) is 3.53. The molecule has 2 aromatic rings. The first kappa shape index (κ1) is 10.4. The van der Waals surface area contributed by atoms with E-state index in [9.17, 15) is 0 Å². The molecule has 0 fully saturated rings. The van der Waals surface area contributed by atoms with Crippen molar-refractivity contribution >= 4 is 11.3 Å². The van der Waals surface area contributed by atoms with Gasteiger partial charge in [0.2, 0.25) is 0 Å². The van der Waals surface area contributed by atoms with Crippen LogP contribution in [0.4, 0.5) is 0 Å². The van der Waals surface area contributed by atoms with Gasteiger partial charge in [0.1, 0.15) is 0 Å². The zero-order valence-corrected chi connectivity index (χ0v) is 9.57. The average Bonchev–Trinajstić information content (AvgIpc) is 2.87. The minimum atomic E-state index is 0.0968. The molecular formula is C11H15N3S. The zero-order valence-electron chi connectivity index (χ0n) is 8.76. The molecule has 0 aliphatic heterocycles. The lowest BCUT2D eigenvalue weighted by Gasteiger charge is -2.06. The number of rotatable bonds is 4. The van der Waals surface area contributed by atoms with Gasteiger partial charge < -0.3 is 5.73 Å². The van der Waals surface area contributed by atoms with Crippen molar-refractivity contribution in [1.29, 1.82) is 0 Å². The highest BCUT2D eigenvalue weighted by molar-refractivity contribution is 7.10. The molecule has 2 N–H and O–H groups in total. The molecule has 1 unspecified atom stereocenters. The smallest absolute Gasteiger partial charge is 0.0522 e. The van der Waals surface area contributed by atoms with Crippen LogP contribution < -0.4 is 5.73 Å². The van der Waals surface area contributed by atoms with Gasteiger partial charge in [0.25, 0.3) is 0 Å². The number of nitrogens with two attached hydrogens (primary N) is 1. The maximum absolute atomic E-state index is 6.10. The van der Waals surface area contributed by atoms with Crippen LogP contribution in [-0.4, -0.2) is 9.78 Å². The van der Waals surface area contributed by atoms with Crippen molar-refractivity contribution in [1.82, 2.24) is 9.78 Å². The van der Waals surface area contributed by atoms with E-state index < -0.39 is 0 Å². The van der Waals surface area contributed by atoms with E-state index in [0.29, 0.717) is 0 Å². The molecule has 2 heterocycles. The van der Waals surface area contributed by atoms with E-state index >= 15 is 0 Å². The lowest BCUT2D eigenvalue weighted by Crippen LogP contribution is -2.11. The predicted molar refractivity (Wildman–Crippen MR) is 62.9 cm³/mol. The van der Waals surface area contributed by atoms with E-state index in [4.69, 9.17) is 5.73 Å². The minimum Gasteiger partial charge on any atom is -0.323 e. The second kappa shape index (κ2) is 4.59. The average molecular weight is 221 g/mol. The molecule has 2 rings (SSSR count). The summed E-state index contributed by atoms with van der Waals surface area (Å²) < 4.78 is 1.93. The van der Waals surface area contributed by atoms with Crippen LogP contribution in [0.5, 0.6) is 0 Å². The molecule has 1 atom stereocenters. The summed E-state index contributed by atoms with van der Waals surface area (Å²) in [6, 6.07) is 4.22. The number of thiophene rings is 1. The van der Waals surface area contributed by atoms with Crippen molar-refractivity contribution in [2.45, 2.75) is 25.9 Å². The maximum atomic E-state index is 6.10. The topological polar surface area (TPSA) is 43.8 Å². The quantitative estimate of drug-likeness (QED) is 0.860. The minimum absolute atomic E-state index is 0.0968. The van der Waals surface area contributed by atoms with Gasteiger partial charge in [-0.15, -0.1) is 11.3 Å². The monoisotopic (exact) mass is 221 g/mol. The molecule has 0 bridgehead atoms. The van der Waals surface area contributed by atoms with Crippen LogP contribution in [0.3, 0.4) is 0 Å². The van der Waals surface area contributed by atoms with Crippen LogP contribution in [0.2, 0.25) is 0 Å². The van der Waals surface area contributed by atoms with Gasteiger partial charge in [-0.25, -0.2) is 0 Å². The molecule has 4 heteroatoms. The molecule has 80 valence electrons. The van der Waals surface area contributed by atoms with E-state index in [-0.39, 0.29) is 6.04 Å². The molecule has 0 spiro atoms. The summed E-state index contributed by atoms with van der Waals surface area (Å²) in [6.07, 6.45) is 4.82. The largest absolute Gasteiger partial charge is 0.323 e. The molecule has 0 aliphatic rings. The molecule has 15 heavy (non-hydrogen) atoms. The van der Waals surface area contributed by atoms with E-state index in [0.717, 1.165) is 13.0 Å². The second-order valence-corrected chi connectivity index (χ2v) is 4.51. The summed E-state index contributed by atoms with van der Waals surface area (Å²) in [7, 11) is 0. The van der Waals surface area contributed by atoms with Gasteiger partial charge in [-0.3, -0.25) is 4.68 Å². The molecule has 2 aromatic heterocycles. The van der Waals surface area contributed by atoms with Gasteiger partial charge in [-0.05, 0) is 30.4 Å². The fourth-order valence-corrected chi connectivity index (χ4v) is 2.27. The van der Waals surface area contributed by atoms with Gasteiger partial charge in [0.15, 0.2) is 0 Å². The number of hydrogen-bond acceptors (Lipinski definition) is 3. The Morgan fingerprint density at radius 1 is 1.60 bits per heavy atom. The molecule has 0 saturated carbocycles. The van der Waals surface area contributed by atoms with Crippen molar-refractivity contribution < 1.29 is 0 Å². The van der Waals surface area contributed by atoms with Gasteiger partial charge in [-0.2, -0.15) is 5.10 Å². The molecule has 0 radical (unpaired) electrons. The Kier molecular flexibility index (Phi) is 3.18. The molecule has 0 saturated heterocycles. The molecule has 0 aliphatic carbocycles. The van der Waals surface area contributed by atoms with Crippen molar-refractivity contribution in [3.05, 3.63) is 40.3 Å². The van der Waals surface area contributed by atoms with Crippen LogP contribution >= 0.6 is 11.3 Å². The van der Waals surface area contributed by atoms with E-state index in [1.54, 1.807) is 11.3 Å². The van der Waals surface area contributed by atoms with Gasteiger partial charge in [0.05, 0.1) is 6.20 Å². The summed E-state index contributed by atoms with van der Waals surface area (Å²) in [6.45, 7) is 2.99. The highest BCUT2D eigenvalue weighted by Crippen LogP contribution is 2.20. The van der Waals surface area contributed by atoms with Crippen LogP contribution in [0.25, 0.3) is 0 Å². The first-order valence-corrected chi connectivity index (χ1v) is 5.98. The third-order valence-electron chi connectivity index (χ3n) is 2.37. The predicted octanol–water partition coefficient (Wildman–Crippen LogP) is 2.21. The molecule has 0 aromatic carbocycles. The van der Waals surface area contributed by atoms with Gasteiger partial charge in [0, 0.05) is 23.7 Å². The van der Waals surface area contributed by atoms with Crippen LogP contribution in [-0.2, 0) is 13.0 Å². The van der Waals surface area contributed by atoms with Crippen molar-refractivity contribution in [3.8, 4) is 0 Å². The van der Waals surface area contributed by atoms with Crippen LogP contribution in [0, 0.1) is 0 Å². The third-order valence-corrected chi connectivity index (χ3v) is 3.38. The lowest BCUT2D eigenvalue weighted by molar-refractivity contribution is 0.657.